The molecule has 0 saturated heterocycles. The van der Waals surface area contributed by atoms with Crippen LogP contribution in [0.4, 0.5) is 0 Å². The molecule has 0 fully saturated rings. The van der Waals surface area contributed by atoms with E-state index in [9.17, 15) is 4.79 Å². The van der Waals surface area contributed by atoms with Crippen molar-refractivity contribution >= 4 is 16.9 Å². The predicted octanol–water partition coefficient (Wildman–Crippen LogP) is 0.675. The van der Waals surface area contributed by atoms with E-state index < -0.39 is 5.97 Å². The molecule has 2 rings (SSSR count). The van der Waals surface area contributed by atoms with E-state index in [0.717, 1.165) is 0 Å². The summed E-state index contributed by atoms with van der Waals surface area (Å²) in [5.41, 5.74) is 0.461. The Bertz CT molecular complexity index is 533. The van der Waals surface area contributed by atoms with E-state index in [1.165, 1.54) is 24.2 Å². The number of aryl methyl sites for hydroxylation is 1. The molecule has 0 radical (unpaired) electrons. The number of carbonyl (C=O) groups is 1. The summed E-state index contributed by atoms with van der Waals surface area (Å²) in [6.45, 7) is 0. The van der Waals surface area contributed by atoms with Gasteiger partial charge in [-0.3, -0.25) is 4.98 Å². The molecule has 0 amide bonds. The Morgan fingerprint density at radius 3 is 2.87 bits per heavy atom. The molecule has 0 atom stereocenters. The first-order valence-corrected chi connectivity index (χ1v) is 4.23. The molecule has 2 heterocycles. The molecule has 2 aromatic rings. The summed E-state index contributed by atoms with van der Waals surface area (Å²) < 4.78 is 6.59. The molecule has 0 unspecified atom stereocenters. The fourth-order valence-corrected chi connectivity index (χ4v) is 1.49. The molecular formula is C9H9N3O3. The molecule has 0 saturated carbocycles. The Balaban J connectivity index is 2.83. The van der Waals surface area contributed by atoms with Gasteiger partial charge in [-0.2, -0.15) is 5.10 Å². The average Bonchev–Trinajstić information content (AvgIpc) is 2.52. The van der Waals surface area contributed by atoms with E-state index in [4.69, 9.17) is 9.84 Å². The molecule has 6 nitrogen and oxygen atoms in total. The summed E-state index contributed by atoms with van der Waals surface area (Å²) in [7, 11) is 3.19. The smallest absolute Gasteiger partial charge is 0.339 e. The average molecular weight is 207 g/mol. The van der Waals surface area contributed by atoms with E-state index in [0.29, 0.717) is 16.8 Å². The largest absolute Gasteiger partial charge is 0.481 e. The number of aromatic nitrogens is 3. The summed E-state index contributed by atoms with van der Waals surface area (Å²) >= 11 is 0. The van der Waals surface area contributed by atoms with Crippen LogP contribution in [0.2, 0.25) is 0 Å². The molecule has 1 N–H and O–H groups in total. The predicted molar refractivity (Wildman–Crippen MR) is 52.0 cm³/mol. The fourth-order valence-electron chi connectivity index (χ4n) is 1.49. The highest BCUT2D eigenvalue weighted by Gasteiger charge is 2.16. The second-order valence-electron chi connectivity index (χ2n) is 3.02. The van der Waals surface area contributed by atoms with Crippen LogP contribution in [-0.4, -0.2) is 33.0 Å². The van der Waals surface area contributed by atoms with Gasteiger partial charge in [-0.1, -0.05) is 0 Å². The van der Waals surface area contributed by atoms with Crippen molar-refractivity contribution in [2.75, 3.05) is 7.11 Å². The minimum Gasteiger partial charge on any atom is -0.481 e. The van der Waals surface area contributed by atoms with Gasteiger partial charge in [0, 0.05) is 19.4 Å². The highest BCUT2D eigenvalue weighted by atomic mass is 16.5. The Morgan fingerprint density at radius 2 is 2.27 bits per heavy atom. The molecule has 0 aliphatic rings. The van der Waals surface area contributed by atoms with E-state index >= 15 is 0 Å². The zero-order chi connectivity index (χ0) is 11.0. The maximum absolute atomic E-state index is 10.9. The summed E-state index contributed by atoms with van der Waals surface area (Å²) in [4.78, 5) is 14.7. The number of carboxylic acid groups (broad SMARTS) is 1. The first-order chi connectivity index (χ1) is 7.15. The van der Waals surface area contributed by atoms with Crippen molar-refractivity contribution in [1.29, 1.82) is 0 Å². The zero-order valence-corrected chi connectivity index (χ0v) is 8.26. The number of carboxylic acids is 1. The lowest BCUT2D eigenvalue weighted by atomic mass is 10.2. The zero-order valence-electron chi connectivity index (χ0n) is 8.26. The molecule has 6 heteroatoms. The lowest BCUT2D eigenvalue weighted by Gasteiger charge is -1.98. The van der Waals surface area contributed by atoms with Crippen molar-refractivity contribution in [1.82, 2.24) is 14.8 Å². The number of hydrogen-bond donors (Lipinski definition) is 1. The Labute approximate surface area is 85.1 Å². The molecule has 78 valence electrons. The van der Waals surface area contributed by atoms with Crippen molar-refractivity contribution < 1.29 is 14.6 Å². The van der Waals surface area contributed by atoms with Gasteiger partial charge in [-0.25, -0.2) is 9.48 Å². The number of rotatable bonds is 2. The van der Waals surface area contributed by atoms with Crippen molar-refractivity contribution in [3.8, 4) is 5.88 Å². The summed E-state index contributed by atoms with van der Waals surface area (Å²) in [6, 6.07) is 0. The molecular weight excluding hydrogens is 198 g/mol. The van der Waals surface area contributed by atoms with Crippen LogP contribution in [-0.2, 0) is 7.05 Å². The Kier molecular flexibility index (Phi) is 2.03. The molecule has 0 spiro atoms. The van der Waals surface area contributed by atoms with Crippen LogP contribution in [0.5, 0.6) is 5.88 Å². The van der Waals surface area contributed by atoms with E-state index in [1.54, 1.807) is 7.05 Å². The quantitative estimate of drug-likeness (QED) is 0.783. The van der Waals surface area contributed by atoms with Gasteiger partial charge in [0.1, 0.15) is 11.1 Å². The summed E-state index contributed by atoms with van der Waals surface area (Å²) in [6.07, 6.45) is 2.81. The number of fused-ring (bicyclic) bond motifs is 1. The van der Waals surface area contributed by atoms with Crippen LogP contribution in [0, 0.1) is 0 Å². The van der Waals surface area contributed by atoms with Gasteiger partial charge in [0.25, 0.3) is 0 Å². The highest BCUT2D eigenvalue weighted by molar-refractivity contribution is 6.02. The van der Waals surface area contributed by atoms with Crippen LogP contribution >= 0.6 is 0 Å². The number of ether oxygens (including phenoxy) is 1. The number of aromatic carboxylic acids is 1. The third kappa shape index (κ3) is 1.30. The monoisotopic (exact) mass is 207 g/mol. The van der Waals surface area contributed by atoms with Crippen LogP contribution in [0.25, 0.3) is 10.9 Å². The molecule has 2 aromatic heterocycles. The second-order valence-corrected chi connectivity index (χ2v) is 3.02. The highest BCUT2D eigenvalue weighted by Crippen LogP contribution is 2.25. The van der Waals surface area contributed by atoms with Crippen LogP contribution in [0.3, 0.4) is 0 Å². The van der Waals surface area contributed by atoms with Crippen molar-refractivity contribution in [3.63, 3.8) is 0 Å². The van der Waals surface area contributed by atoms with Crippen LogP contribution in [0.1, 0.15) is 10.4 Å². The molecule has 0 aromatic carbocycles. The third-order valence-electron chi connectivity index (χ3n) is 2.12. The molecule has 15 heavy (non-hydrogen) atoms. The number of pyridine rings is 1. The van der Waals surface area contributed by atoms with Crippen molar-refractivity contribution in [2.24, 2.45) is 7.05 Å². The first-order valence-electron chi connectivity index (χ1n) is 4.23. The van der Waals surface area contributed by atoms with Crippen LogP contribution in [0.15, 0.2) is 12.4 Å². The van der Waals surface area contributed by atoms with E-state index in [-0.39, 0.29) is 5.56 Å². The lowest BCUT2D eigenvalue weighted by Crippen LogP contribution is -1.98. The SMILES string of the molecule is COc1c2cncc(C(=O)O)c2nn1C. The first kappa shape index (κ1) is 9.45. The standard InChI is InChI=1S/C9H9N3O3/c1-12-8(15-2)5-3-10-4-6(9(13)14)7(5)11-12/h3-4H,1-2H3,(H,13,14). The number of nitrogens with zero attached hydrogens (tertiary/aromatic N) is 3. The third-order valence-corrected chi connectivity index (χ3v) is 2.12. The van der Waals surface area contributed by atoms with Crippen molar-refractivity contribution in [3.05, 3.63) is 18.0 Å². The summed E-state index contributed by atoms with van der Waals surface area (Å²) in [5.74, 6) is -0.547. The van der Waals surface area contributed by atoms with Crippen molar-refractivity contribution in [2.45, 2.75) is 0 Å². The second kappa shape index (κ2) is 3.23. The van der Waals surface area contributed by atoms with E-state index in [2.05, 4.69) is 10.1 Å². The normalized spacial score (nSPS) is 10.5. The Hall–Kier alpha value is -2.11. The van der Waals surface area contributed by atoms with Gasteiger partial charge >= 0.3 is 5.97 Å². The maximum Gasteiger partial charge on any atom is 0.339 e. The summed E-state index contributed by atoms with van der Waals surface area (Å²) in [5, 5.41) is 13.6. The molecule has 0 bridgehead atoms. The topological polar surface area (TPSA) is 77.2 Å². The van der Waals surface area contributed by atoms with Gasteiger partial charge in [0.2, 0.25) is 5.88 Å². The van der Waals surface area contributed by atoms with Gasteiger partial charge < -0.3 is 9.84 Å². The van der Waals surface area contributed by atoms with Gasteiger partial charge in [-0.15, -0.1) is 0 Å². The van der Waals surface area contributed by atoms with Gasteiger partial charge in [0.15, 0.2) is 0 Å². The minimum absolute atomic E-state index is 0.0754. The number of methoxy groups -OCH3 is 1. The van der Waals surface area contributed by atoms with E-state index in [1.807, 2.05) is 0 Å². The number of hydrogen-bond acceptors (Lipinski definition) is 4. The lowest BCUT2D eigenvalue weighted by molar-refractivity contribution is 0.0698. The van der Waals surface area contributed by atoms with Gasteiger partial charge in [-0.05, 0) is 0 Å². The molecule has 0 aliphatic carbocycles. The molecule has 0 aliphatic heterocycles. The fraction of sp³-hybridized carbons (Fsp3) is 0.222. The van der Waals surface area contributed by atoms with Crippen LogP contribution < -0.4 is 4.74 Å². The minimum atomic E-state index is -1.05. The maximum atomic E-state index is 10.9. The Morgan fingerprint density at radius 1 is 1.53 bits per heavy atom. The van der Waals surface area contributed by atoms with Gasteiger partial charge in [0.05, 0.1) is 12.5 Å².